The van der Waals surface area contributed by atoms with Crippen molar-refractivity contribution in [3.63, 3.8) is 0 Å². The summed E-state index contributed by atoms with van der Waals surface area (Å²) in [5, 5.41) is 0. The molecular weight excluding hydrogens is 381 g/mol. The molecule has 2 nitrogen and oxygen atoms in total. The van der Waals surface area contributed by atoms with Gasteiger partial charge in [0.2, 0.25) is 0 Å². The second kappa shape index (κ2) is 5.36. The topological polar surface area (TPSA) is 26.3 Å². The van der Waals surface area contributed by atoms with Gasteiger partial charge >= 0.3 is 12.1 Å². The minimum atomic E-state index is -4.45. The van der Waals surface area contributed by atoms with Gasteiger partial charge in [-0.05, 0) is 19.4 Å². The Kier molecular flexibility index (Phi) is 4.70. The number of ether oxygens (including phenoxy) is 1. The molecule has 7 heteroatoms. The third-order valence-electron chi connectivity index (χ3n) is 2.60. The van der Waals surface area contributed by atoms with Gasteiger partial charge in [0, 0.05) is 0 Å². The Morgan fingerprint density at radius 2 is 2.06 bits per heavy atom. The second-order valence-electron chi connectivity index (χ2n) is 3.75. The number of hydrogen-bond donors (Lipinski definition) is 0. The van der Waals surface area contributed by atoms with Crippen molar-refractivity contribution in [2.24, 2.45) is 5.92 Å². The monoisotopic (exact) mass is 390 g/mol. The Balaban J connectivity index is 3.14. The molecule has 1 aliphatic carbocycles. The van der Waals surface area contributed by atoms with Gasteiger partial charge in [0.25, 0.3) is 0 Å². The average Bonchev–Trinajstić information content (AvgIpc) is 2.20. The molecule has 0 saturated heterocycles. The van der Waals surface area contributed by atoms with Crippen LogP contribution >= 0.6 is 31.9 Å². The van der Waals surface area contributed by atoms with Crippen LogP contribution in [0.5, 0.6) is 0 Å². The molecule has 1 aliphatic rings. The highest BCUT2D eigenvalue weighted by Crippen LogP contribution is 2.49. The molecule has 18 heavy (non-hydrogen) atoms. The van der Waals surface area contributed by atoms with E-state index in [4.69, 9.17) is 4.74 Å². The van der Waals surface area contributed by atoms with Crippen LogP contribution in [0.3, 0.4) is 0 Å². The number of alkyl halides is 5. The Bertz CT molecular complexity index is 411. The number of hydrogen-bond acceptors (Lipinski definition) is 2. The predicted octanol–water partition coefficient (Wildman–Crippen LogP) is 4.10. The fourth-order valence-electron chi connectivity index (χ4n) is 1.62. The lowest BCUT2D eigenvalue weighted by molar-refractivity contribution is -0.146. The largest absolute Gasteiger partial charge is 0.465 e. The average molecular weight is 392 g/mol. The summed E-state index contributed by atoms with van der Waals surface area (Å²) in [7, 11) is 0. The first-order chi connectivity index (χ1) is 8.12. The zero-order chi connectivity index (χ0) is 14.1. The van der Waals surface area contributed by atoms with Gasteiger partial charge in [-0.25, -0.2) is 0 Å². The van der Waals surface area contributed by atoms with Gasteiger partial charge in [-0.3, -0.25) is 4.79 Å². The summed E-state index contributed by atoms with van der Waals surface area (Å²) in [5.41, 5.74) is -0.771. The van der Waals surface area contributed by atoms with E-state index < -0.39 is 26.9 Å². The summed E-state index contributed by atoms with van der Waals surface area (Å²) >= 11 is 6.27. The number of carbonyl (C=O) groups is 1. The number of carbonyl (C=O) groups excluding carboxylic acids is 1. The first-order valence-corrected chi connectivity index (χ1v) is 6.72. The number of rotatable bonds is 2. The van der Waals surface area contributed by atoms with E-state index in [1.54, 1.807) is 6.92 Å². The third-order valence-corrected chi connectivity index (χ3v) is 4.77. The lowest BCUT2D eigenvalue weighted by Gasteiger charge is -2.33. The Hall–Kier alpha value is -0.300. The van der Waals surface area contributed by atoms with Crippen LogP contribution < -0.4 is 0 Å². The summed E-state index contributed by atoms with van der Waals surface area (Å²) in [4.78, 5) is 11.7. The van der Waals surface area contributed by atoms with Gasteiger partial charge in [-0.1, -0.05) is 44.0 Å². The molecular formula is C11H11Br2F3O2. The molecule has 1 unspecified atom stereocenters. The van der Waals surface area contributed by atoms with Gasteiger partial charge < -0.3 is 4.74 Å². The van der Waals surface area contributed by atoms with Crippen molar-refractivity contribution in [1.82, 2.24) is 0 Å². The molecule has 1 rings (SSSR count). The minimum Gasteiger partial charge on any atom is -0.465 e. The summed E-state index contributed by atoms with van der Waals surface area (Å²) in [6.07, 6.45) is -2.35. The van der Waals surface area contributed by atoms with E-state index in [0.29, 0.717) is 0 Å². The van der Waals surface area contributed by atoms with E-state index in [2.05, 4.69) is 31.9 Å². The summed E-state index contributed by atoms with van der Waals surface area (Å²) < 4.78 is 41.8. The van der Waals surface area contributed by atoms with E-state index in [0.717, 1.165) is 6.08 Å². The minimum absolute atomic E-state index is 0.00412. The molecule has 0 bridgehead atoms. The highest BCUT2D eigenvalue weighted by atomic mass is 79.9. The van der Waals surface area contributed by atoms with E-state index in [1.807, 2.05) is 0 Å². The molecule has 0 aromatic carbocycles. The Labute approximate surface area is 120 Å². The van der Waals surface area contributed by atoms with Gasteiger partial charge in [-0.2, -0.15) is 13.2 Å². The summed E-state index contributed by atoms with van der Waals surface area (Å²) in [6.45, 7) is 3.13. The van der Waals surface area contributed by atoms with Crippen LogP contribution in [0.15, 0.2) is 23.3 Å². The molecule has 0 heterocycles. The van der Waals surface area contributed by atoms with Crippen molar-refractivity contribution >= 4 is 37.8 Å². The standard InChI is InChI=1S/C11H11Br2F3O2/c1-3-18-9(17)8-5-4-7(11(14,15)16)6(2)10(8,12)13/h4-5,8H,3H2,1-2H3. The normalized spacial score (nSPS) is 23.2. The molecule has 0 aromatic heterocycles. The molecule has 0 spiro atoms. The summed E-state index contributed by atoms with van der Waals surface area (Å²) in [5.74, 6) is -1.42. The van der Waals surface area contributed by atoms with Crippen LogP contribution in [0, 0.1) is 5.92 Å². The van der Waals surface area contributed by atoms with Crippen LogP contribution in [-0.4, -0.2) is 22.0 Å². The van der Waals surface area contributed by atoms with Gasteiger partial charge in [-0.15, -0.1) is 0 Å². The van der Waals surface area contributed by atoms with Gasteiger partial charge in [0.05, 0.1) is 12.2 Å². The molecule has 0 radical (unpaired) electrons. The highest BCUT2D eigenvalue weighted by molar-refractivity contribution is 9.25. The zero-order valence-corrected chi connectivity index (χ0v) is 12.8. The van der Waals surface area contributed by atoms with Crippen molar-refractivity contribution in [2.45, 2.75) is 23.3 Å². The van der Waals surface area contributed by atoms with Crippen molar-refractivity contribution in [3.8, 4) is 0 Å². The molecule has 102 valence electrons. The number of halogens is 5. The third kappa shape index (κ3) is 2.99. The van der Waals surface area contributed by atoms with Crippen LogP contribution in [0.1, 0.15) is 13.8 Å². The van der Waals surface area contributed by atoms with Gasteiger partial charge in [0.15, 0.2) is 0 Å². The maximum atomic E-state index is 12.7. The lowest BCUT2D eigenvalue weighted by Crippen LogP contribution is -2.37. The van der Waals surface area contributed by atoms with Crippen LogP contribution in [0.2, 0.25) is 0 Å². The molecule has 0 fully saturated rings. The maximum Gasteiger partial charge on any atom is 0.416 e. The predicted molar refractivity (Wildman–Crippen MR) is 68.6 cm³/mol. The molecule has 0 amide bonds. The fourth-order valence-corrected chi connectivity index (χ4v) is 2.72. The quantitative estimate of drug-likeness (QED) is 0.523. The SMILES string of the molecule is CCOC(=O)C1C=CC(C(F)(F)F)=C(C)C1(Br)Br. The van der Waals surface area contributed by atoms with Crippen molar-refractivity contribution in [1.29, 1.82) is 0 Å². The second-order valence-corrected chi connectivity index (χ2v) is 7.31. The van der Waals surface area contributed by atoms with Crippen molar-refractivity contribution in [2.75, 3.05) is 6.61 Å². The number of allylic oxidation sites excluding steroid dienone is 3. The molecule has 0 aromatic rings. The van der Waals surface area contributed by atoms with E-state index >= 15 is 0 Å². The van der Waals surface area contributed by atoms with Crippen molar-refractivity contribution in [3.05, 3.63) is 23.3 Å². The number of esters is 1. The van der Waals surface area contributed by atoms with E-state index in [9.17, 15) is 18.0 Å². The molecule has 0 N–H and O–H groups in total. The molecule has 1 atom stereocenters. The zero-order valence-electron chi connectivity index (χ0n) is 9.65. The fraction of sp³-hybridized carbons (Fsp3) is 0.545. The Morgan fingerprint density at radius 3 is 2.50 bits per heavy atom. The van der Waals surface area contributed by atoms with Gasteiger partial charge in [0.1, 0.15) is 9.15 Å². The smallest absolute Gasteiger partial charge is 0.416 e. The molecule has 0 aliphatic heterocycles. The van der Waals surface area contributed by atoms with Crippen LogP contribution in [0.25, 0.3) is 0 Å². The summed E-state index contributed by atoms with van der Waals surface area (Å²) in [6, 6.07) is 0. The van der Waals surface area contributed by atoms with E-state index in [1.165, 1.54) is 13.0 Å². The van der Waals surface area contributed by atoms with Crippen LogP contribution in [0.4, 0.5) is 13.2 Å². The maximum absolute atomic E-state index is 12.7. The Morgan fingerprint density at radius 1 is 1.50 bits per heavy atom. The first-order valence-electron chi connectivity index (χ1n) is 5.13. The van der Waals surface area contributed by atoms with E-state index in [-0.39, 0.29) is 12.2 Å². The highest BCUT2D eigenvalue weighted by Gasteiger charge is 2.47. The van der Waals surface area contributed by atoms with Crippen LogP contribution in [-0.2, 0) is 9.53 Å². The molecule has 0 saturated carbocycles. The lowest BCUT2D eigenvalue weighted by atomic mass is 9.90. The van der Waals surface area contributed by atoms with Crippen molar-refractivity contribution < 1.29 is 22.7 Å². The first kappa shape index (κ1) is 15.8.